The molecule has 0 bridgehead atoms. The van der Waals surface area contributed by atoms with Gasteiger partial charge in [-0.25, -0.2) is 0 Å². The maximum Gasteiger partial charge on any atom is 0.252 e. The lowest BCUT2D eigenvalue weighted by atomic mass is 10.2. The second-order valence-corrected chi connectivity index (χ2v) is 5.57. The Bertz CT molecular complexity index is 693. The Morgan fingerprint density at radius 2 is 1.61 bits per heavy atom. The van der Waals surface area contributed by atoms with E-state index in [1.54, 1.807) is 36.7 Å². The molecule has 2 rings (SSSR count). The van der Waals surface area contributed by atoms with Crippen LogP contribution in [-0.2, 0) is 0 Å². The summed E-state index contributed by atoms with van der Waals surface area (Å²) in [6, 6.07) is 7.98. The Morgan fingerprint density at radius 3 is 2.26 bits per heavy atom. The molecule has 7 heteroatoms. The summed E-state index contributed by atoms with van der Waals surface area (Å²) < 4.78 is 0. The third-order valence-corrected chi connectivity index (χ3v) is 3.59. The Kier molecular flexibility index (Phi) is 6.38. The molecule has 120 valence electrons. The third-order valence-electron chi connectivity index (χ3n) is 3.04. The van der Waals surface area contributed by atoms with Crippen LogP contribution < -0.4 is 10.6 Å². The van der Waals surface area contributed by atoms with E-state index in [4.69, 9.17) is 23.2 Å². The van der Waals surface area contributed by atoms with Crippen molar-refractivity contribution in [2.24, 2.45) is 0 Å². The number of rotatable bonds is 6. The van der Waals surface area contributed by atoms with Crippen molar-refractivity contribution in [2.45, 2.75) is 6.42 Å². The Balaban J connectivity index is 1.71. The smallest absolute Gasteiger partial charge is 0.252 e. The SMILES string of the molecule is O=C(NCCCNC(=O)c1ccc(Cl)cc1Cl)c1ccncc1. The molecule has 23 heavy (non-hydrogen) atoms. The van der Waals surface area contributed by atoms with E-state index in [1.165, 1.54) is 6.07 Å². The van der Waals surface area contributed by atoms with Crippen molar-refractivity contribution in [1.29, 1.82) is 0 Å². The van der Waals surface area contributed by atoms with E-state index in [9.17, 15) is 9.59 Å². The number of nitrogens with zero attached hydrogens (tertiary/aromatic N) is 1. The summed E-state index contributed by atoms with van der Waals surface area (Å²) in [4.78, 5) is 27.6. The second-order valence-electron chi connectivity index (χ2n) is 4.73. The number of hydrogen-bond donors (Lipinski definition) is 2. The minimum Gasteiger partial charge on any atom is -0.352 e. The summed E-state index contributed by atoms with van der Waals surface area (Å²) in [6.07, 6.45) is 3.73. The minimum atomic E-state index is -0.271. The van der Waals surface area contributed by atoms with Crippen molar-refractivity contribution < 1.29 is 9.59 Å². The second kappa shape index (κ2) is 8.50. The zero-order valence-corrected chi connectivity index (χ0v) is 13.7. The molecule has 2 aromatic rings. The number of hydrogen-bond acceptors (Lipinski definition) is 3. The lowest BCUT2D eigenvalue weighted by molar-refractivity contribution is 0.0952. The van der Waals surface area contributed by atoms with Gasteiger partial charge in [-0.1, -0.05) is 23.2 Å². The van der Waals surface area contributed by atoms with Crippen molar-refractivity contribution in [2.75, 3.05) is 13.1 Å². The Morgan fingerprint density at radius 1 is 0.957 bits per heavy atom. The van der Waals surface area contributed by atoms with Gasteiger partial charge in [-0.15, -0.1) is 0 Å². The van der Waals surface area contributed by atoms with Crippen LogP contribution in [0.1, 0.15) is 27.1 Å². The van der Waals surface area contributed by atoms with Crippen LogP contribution >= 0.6 is 23.2 Å². The van der Waals surface area contributed by atoms with Crippen molar-refractivity contribution in [3.05, 3.63) is 63.9 Å². The number of nitrogens with one attached hydrogen (secondary N) is 2. The molecule has 0 unspecified atom stereocenters. The van der Waals surface area contributed by atoms with Crippen LogP contribution in [0.25, 0.3) is 0 Å². The quantitative estimate of drug-likeness (QED) is 0.786. The molecule has 2 amide bonds. The van der Waals surface area contributed by atoms with E-state index < -0.39 is 0 Å². The van der Waals surface area contributed by atoms with E-state index in [-0.39, 0.29) is 11.8 Å². The highest BCUT2D eigenvalue weighted by Crippen LogP contribution is 2.20. The first-order valence-electron chi connectivity index (χ1n) is 6.99. The molecule has 0 atom stereocenters. The van der Waals surface area contributed by atoms with Crippen LogP contribution in [0.5, 0.6) is 0 Å². The molecule has 0 radical (unpaired) electrons. The molecule has 0 saturated heterocycles. The van der Waals surface area contributed by atoms with E-state index >= 15 is 0 Å². The van der Waals surface area contributed by atoms with Gasteiger partial charge in [-0.2, -0.15) is 0 Å². The van der Waals surface area contributed by atoms with E-state index in [2.05, 4.69) is 15.6 Å². The largest absolute Gasteiger partial charge is 0.352 e. The number of benzene rings is 1. The number of pyridine rings is 1. The fourth-order valence-corrected chi connectivity index (χ4v) is 2.36. The first-order chi connectivity index (χ1) is 11.1. The number of carbonyl (C=O) groups is 2. The van der Waals surface area contributed by atoms with Crippen LogP contribution in [0.4, 0.5) is 0 Å². The van der Waals surface area contributed by atoms with Crippen LogP contribution in [0, 0.1) is 0 Å². The van der Waals surface area contributed by atoms with Gasteiger partial charge in [0.15, 0.2) is 0 Å². The summed E-state index contributed by atoms with van der Waals surface area (Å²) in [7, 11) is 0. The summed E-state index contributed by atoms with van der Waals surface area (Å²) in [5.41, 5.74) is 0.925. The fraction of sp³-hybridized carbons (Fsp3) is 0.188. The van der Waals surface area contributed by atoms with Crippen LogP contribution in [0.15, 0.2) is 42.7 Å². The molecule has 0 spiro atoms. The van der Waals surface area contributed by atoms with Gasteiger partial charge in [0, 0.05) is 36.1 Å². The first-order valence-corrected chi connectivity index (χ1v) is 7.75. The molecular weight excluding hydrogens is 337 g/mol. The van der Waals surface area contributed by atoms with Gasteiger partial charge in [0.1, 0.15) is 0 Å². The molecule has 0 aliphatic heterocycles. The zero-order chi connectivity index (χ0) is 16.7. The van der Waals surface area contributed by atoms with Crippen molar-refractivity contribution in [3.8, 4) is 0 Å². The molecule has 0 aliphatic carbocycles. The normalized spacial score (nSPS) is 10.2. The molecular formula is C16H15Cl2N3O2. The zero-order valence-electron chi connectivity index (χ0n) is 12.2. The third kappa shape index (κ3) is 5.23. The highest BCUT2D eigenvalue weighted by molar-refractivity contribution is 6.36. The maximum atomic E-state index is 12.0. The summed E-state index contributed by atoms with van der Waals surface area (Å²) in [5.74, 6) is -0.438. The van der Waals surface area contributed by atoms with Gasteiger partial charge < -0.3 is 10.6 Å². The molecule has 0 fully saturated rings. The van der Waals surface area contributed by atoms with Gasteiger partial charge in [0.05, 0.1) is 10.6 Å². The predicted octanol–water partition coefficient (Wildman–Crippen LogP) is 2.94. The first kappa shape index (κ1) is 17.2. The van der Waals surface area contributed by atoms with Crippen LogP contribution in [0.2, 0.25) is 10.0 Å². The predicted molar refractivity (Wildman–Crippen MR) is 90.0 cm³/mol. The lowest BCUT2D eigenvalue weighted by Crippen LogP contribution is -2.30. The van der Waals surface area contributed by atoms with E-state index in [1.807, 2.05) is 0 Å². The molecule has 2 N–H and O–H groups in total. The summed E-state index contributed by atoms with van der Waals surface area (Å²) in [6.45, 7) is 0.879. The maximum absolute atomic E-state index is 12.0. The van der Waals surface area contributed by atoms with Gasteiger partial charge in [0.2, 0.25) is 0 Å². The standard InChI is InChI=1S/C16H15Cl2N3O2/c17-12-2-3-13(14(18)10-12)16(23)21-7-1-6-20-15(22)11-4-8-19-9-5-11/h2-5,8-10H,1,6-7H2,(H,20,22)(H,21,23). The average molecular weight is 352 g/mol. The van der Waals surface area contributed by atoms with Gasteiger partial charge in [-0.3, -0.25) is 14.6 Å². The van der Waals surface area contributed by atoms with Gasteiger partial charge in [0.25, 0.3) is 11.8 Å². The lowest BCUT2D eigenvalue weighted by Gasteiger charge is -2.08. The topological polar surface area (TPSA) is 71.1 Å². The average Bonchev–Trinajstić information content (AvgIpc) is 2.55. The molecule has 5 nitrogen and oxygen atoms in total. The Hall–Kier alpha value is -2.11. The minimum absolute atomic E-state index is 0.167. The number of halogens is 2. The van der Waals surface area contributed by atoms with Crippen LogP contribution in [0.3, 0.4) is 0 Å². The van der Waals surface area contributed by atoms with E-state index in [0.717, 1.165) is 0 Å². The molecule has 1 aromatic heterocycles. The number of carbonyl (C=O) groups excluding carboxylic acids is 2. The van der Waals surface area contributed by atoms with Crippen molar-refractivity contribution >= 4 is 35.0 Å². The van der Waals surface area contributed by atoms with Crippen molar-refractivity contribution in [3.63, 3.8) is 0 Å². The summed E-state index contributed by atoms with van der Waals surface area (Å²) in [5, 5.41) is 6.30. The molecule has 1 aromatic carbocycles. The molecule has 0 aliphatic rings. The van der Waals surface area contributed by atoms with Gasteiger partial charge >= 0.3 is 0 Å². The molecule has 1 heterocycles. The number of amides is 2. The Labute approximate surface area is 144 Å². The monoisotopic (exact) mass is 351 g/mol. The van der Waals surface area contributed by atoms with Crippen molar-refractivity contribution in [1.82, 2.24) is 15.6 Å². The molecule has 0 saturated carbocycles. The highest BCUT2D eigenvalue weighted by Gasteiger charge is 2.10. The van der Waals surface area contributed by atoms with Gasteiger partial charge in [-0.05, 0) is 36.8 Å². The van der Waals surface area contributed by atoms with Crippen LogP contribution in [-0.4, -0.2) is 29.9 Å². The highest BCUT2D eigenvalue weighted by atomic mass is 35.5. The fourth-order valence-electron chi connectivity index (χ4n) is 1.87. The van der Waals surface area contributed by atoms with E-state index in [0.29, 0.717) is 40.7 Å². The number of aromatic nitrogens is 1. The summed E-state index contributed by atoms with van der Waals surface area (Å²) >= 11 is 11.8.